The van der Waals surface area contributed by atoms with Crippen molar-refractivity contribution in [1.82, 2.24) is 5.32 Å². The minimum absolute atomic E-state index is 0.129. The van der Waals surface area contributed by atoms with Gasteiger partial charge in [-0.25, -0.2) is 0 Å². The van der Waals surface area contributed by atoms with Gasteiger partial charge in [0, 0.05) is 10.4 Å². The third-order valence-corrected chi connectivity index (χ3v) is 5.44. The molecule has 3 rings (SSSR count). The average Bonchev–Trinajstić information content (AvgIpc) is 2.90. The van der Waals surface area contributed by atoms with E-state index in [-0.39, 0.29) is 11.9 Å². The number of benzene rings is 1. The molecule has 1 aromatic rings. The molecule has 0 spiro atoms. The molecule has 0 saturated heterocycles. The third kappa shape index (κ3) is 2.45. The Balaban J connectivity index is 1.67. The lowest BCUT2D eigenvalue weighted by molar-refractivity contribution is -0.123. The molecule has 3 heteroatoms. The maximum Gasteiger partial charge on any atom is 0.224 e. The van der Waals surface area contributed by atoms with Gasteiger partial charge in [0.05, 0.1) is 6.04 Å². The van der Waals surface area contributed by atoms with Crippen LogP contribution in [0.2, 0.25) is 0 Å². The molecule has 2 nitrogen and oxygen atoms in total. The van der Waals surface area contributed by atoms with Gasteiger partial charge in [0.25, 0.3) is 0 Å². The molecule has 3 atom stereocenters. The van der Waals surface area contributed by atoms with Crippen molar-refractivity contribution < 1.29 is 4.79 Å². The Kier molecular flexibility index (Phi) is 3.66. The van der Waals surface area contributed by atoms with Crippen LogP contribution in [0.5, 0.6) is 0 Å². The van der Waals surface area contributed by atoms with Gasteiger partial charge in [-0.3, -0.25) is 4.79 Å². The first-order valence-electron chi connectivity index (χ1n) is 7.27. The highest BCUT2D eigenvalue weighted by Crippen LogP contribution is 2.57. The summed E-state index contributed by atoms with van der Waals surface area (Å²) in [7, 11) is 0. The summed E-state index contributed by atoms with van der Waals surface area (Å²) < 4.78 is 1.08. The van der Waals surface area contributed by atoms with Crippen molar-refractivity contribution in [2.45, 2.75) is 38.6 Å². The van der Waals surface area contributed by atoms with Gasteiger partial charge in [0.1, 0.15) is 0 Å². The fourth-order valence-electron chi connectivity index (χ4n) is 3.64. The molecule has 0 aromatic heterocycles. The quantitative estimate of drug-likeness (QED) is 0.890. The van der Waals surface area contributed by atoms with Crippen molar-refractivity contribution in [2.24, 2.45) is 17.8 Å². The van der Waals surface area contributed by atoms with E-state index in [1.807, 2.05) is 18.2 Å². The summed E-state index contributed by atoms with van der Waals surface area (Å²) in [6.45, 7) is 2.12. The first-order valence-corrected chi connectivity index (χ1v) is 8.06. The van der Waals surface area contributed by atoms with Crippen LogP contribution in [0.25, 0.3) is 0 Å². The normalized spacial score (nSPS) is 29.7. The second-order valence-electron chi connectivity index (χ2n) is 5.78. The smallest absolute Gasteiger partial charge is 0.224 e. The van der Waals surface area contributed by atoms with E-state index in [9.17, 15) is 4.79 Å². The molecule has 1 amide bonds. The molecule has 1 N–H and O–H groups in total. The lowest BCUT2D eigenvalue weighted by Gasteiger charge is -2.19. The van der Waals surface area contributed by atoms with Crippen LogP contribution >= 0.6 is 15.9 Å². The number of fused-ring (bicyclic) bond motifs is 1. The number of carbonyl (C=O) groups excluding carboxylic acids is 1. The number of halogens is 1. The van der Waals surface area contributed by atoms with Crippen LogP contribution in [0.3, 0.4) is 0 Å². The van der Waals surface area contributed by atoms with E-state index in [0.29, 0.717) is 17.8 Å². The molecular formula is C16H20BrNO. The molecule has 0 heterocycles. The Morgan fingerprint density at radius 3 is 2.68 bits per heavy atom. The van der Waals surface area contributed by atoms with Gasteiger partial charge >= 0.3 is 0 Å². The van der Waals surface area contributed by atoms with Crippen molar-refractivity contribution in [3.63, 3.8) is 0 Å². The molecule has 2 fully saturated rings. The summed E-state index contributed by atoms with van der Waals surface area (Å²) in [6.07, 6.45) is 4.76. The van der Waals surface area contributed by atoms with Crippen molar-refractivity contribution >= 4 is 21.8 Å². The zero-order chi connectivity index (χ0) is 13.4. The van der Waals surface area contributed by atoms with E-state index in [0.717, 1.165) is 10.9 Å². The van der Waals surface area contributed by atoms with Crippen molar-refractivity contribution in [3.8, 4) is 0 Å². The Hall–Kier alpha value is -0.830. The first kappa shape index (κ1) is 13.2. The van der Waals surface area contributed by atoms with E-state index in [4.69, 9.17) is 0 Å². The number of carbonyl (C=O) groups is 1. The van der Waals surface area contributed by atoms with Crippen LogP contribution in [0.15, 0.2) is 28.7 Å². The number of rotatable bonds is 4. The lowest BCUT2D eigenvalue weighted by Crippen LogP contribution is -2.30. The van der Waals surface area contributed by atoms with Gasteiger partial charge in [-0.1, -0.05) is 47.5 Å². The summed E-state index contributed by atoms with van der Waals surface area (Å²) in [5.41, 5.74) is 1.18. The first-order chi connectivity index (χ1) is 9.22. The van der Waals surface area contributed by atoms with E-state index in [2.05, 4.69) is 34.2 Å². The molecule has 0 unspecified atom stereocenters. The molecular weight excluding hydrogens is 302 g/mol. The molecule has 0 aliphatic heterocycles. The fourth-order valence-corrected chi connectivity index (χ4v) is 4.20. The van der Waals surface area contributed by atoms with Crippen LogP contribution in [0, 0.1) is 17.8 Å². The molecule has 1 aromatic carbocycles. The minimum Gasteiger partial charge on any atom is -0.349 e. The second-order valence-corrected chi connectivity index (χ2v) is 6.63. The maximum absolute atomic E-state index is 12.3. The highest BCUT2D eigenvalue weighted by molar-refractivity contribution is 9.10. The number of amides is 1. The van der Waals surface area contributed by atoms with Crippen LogP contribution in [-0.2, 0) is 4.79 Å². The number of nitrogens with one attached hydrogen (secondary N) is 1. The van der Waals surface area contributed by atoms with Gasteiger partial charge < -0.3 is 5.32 Å². The lowest BCUT2D eigenvalue weighted by atomic mass is 10.0. The Morgan fingerprint density at radius 1 is 1.37 bits per heavy atom. The summed E-state index contributed by atoms with van der Waals surface area (Å²) in [6, 6.07) is 8.29. The largest absolute Gasteiger partial charge is 0.349 e. The zero-order valence-corrected chi connectivity index (χ0v) is 12.8. The predicted molar refractivity (Wildman–Crippen MR) is 79.6 cm³/mol. The number of hydrogen-bond acceptors (Lipinski definition) is 1. The Labute approximate surface area is 123 Å². The monoisotopic (exact) mass is 321 g/mol. The predicted octanol–water partition coefficient (Wildman–Crippen LogP) is 4.06. The third-order valence-electron chi connectivity index (χ3n) is 4.71. The van der Waals surface area contributed by atoms with Gasteiger partial charge in [-0.05, 0) is 42.7 Å². The average molecular weight is 322 g/mol. The molecule has 0 radical (unpaired) electrons. The van der Waals surface area contributed by atoms with Crippen LogP contribution in [0.1, 0.15) is 44.2 Å². The van der Waals surface area contributed by atoms with Crippen molar-refractivity contribution in [1.29, 1.82) is 0 Å². The van der Waals surface area contributed by atoms with Crippen LogP contribution in [-0.4, -0.2) is 5.91 Å². The van der Waals surface area contributed by atoms with Gasteiger partial charge in [0.2, 0.25) is 5.91 Å². The molecule has 2 saturated carbocycles. The standard InChI is InChI=1S/C16H20BrNO/c1-2-14(12-6-3-4-9-13(12)17)18-16(19)15-10-7-5-8-11(10)15/h3-4,6,9-11,14-15H,2,5,7-8H2,1H3,(H,18,19)/t10-,11-,14+/m1/s1. The Morgan fingerprint density at radius 2 is 2.05 bits per heavy atom. The fraction of sp³-hybridized carbons (Fsp3) is 0.562. The maximum atomic E-state index is 12.3. The summed E-state index contributed by atoms with van der Waals surface area (Å²) in [5, 5.41) is 3.25. The summed E-state index contributed by atoms with van der Waals surface area (Å²) in [4.78, 5) is 12.3. The van der Waals surface area contributed by atoms with Gasteiger partial charge in [0.15, 0.2) is 0 Å². The van der Waals surface area contributed by atoms with Gasteiger partial charge in [-0.15, -0.1) is 0 Å². The van der Waals surface area contributed by atoms with Crippen LogP contribution in [0.4, 0.5) is 0 Å². The highest BCUT2D eigenvalue weighted by Gasteiger charge is 2.56. The van der Waals surface area contributed by atoms with E-state index >= 15 is 0 Å². The van der Waals surface area contributed by atoms with E-state index in [1.54, 1.807) is 0 Å². The summed E-state index contributed by atoms with van der Waals surface area (Å²) in [5.74, 6) is 1.97. The van der Waals surface area contributed by atoms with Crippen molar-refractivity contribution in [2.75, 3.05) is 0 Å². The van der Waals surface area contributed by atoms with E-state index in [1.165, 1.54) is 24.8 Å². The molecule has 0 bridgehead atoms. The van der Waals surface area contributed by atoms with E-state index < -0.39 is 0 Å². The topological polar surface area (TPSA) is 29.1 Å². The number of hydrogen-bond donors (Lipinski definition) is 1. The molecule has 2 aliphatic carbocycles. The highest BCUT2D eigenvalue weighted by atomic mass is 79.9. The minimum atomic E-state index is 0.129. The zero-order valence-electron chi connectivity index (χ0n) is 11.2. The molecule has 2 aliphatic rings. The summed E-state index contributed by atoms with van der Waals surface area (Å²) >= 11 is 3.58. The van der Waals surface area contributed by atoms with Crippen LogP contribution < -0.4 is 5.32 Å². The molecule has 102 valence electrons. The van der Waals surface area contributed by atoms with Gasteiger partial charge in [-0.2, -0.15) is 0 Å². The van der Waals surface area contributed by atoms with Crippen molar-refractivity contribution in [3.05, 3.63) is 34.3 Å². The second kappa shape index (κ2) is 5.28. The SMILES string of the molecule is CC[C@H](NC(=O)C1[C@@H]2CCC[C@@H]12)c1ccccc1Br. The molecule has 19 heavy (non-hydrogen) atoms. The Bertz CT molecular complexity index is 477.